The normalized spacial score (nSPS) is 10.6. The minimum absolute atomic E-state index is 0. The largest absolute Gasteiger partial charge is 0.422 e. The number of likely N-dealkylation sites (N-methyl/N-ethyl adjacent to an activating group) is 2. The molecule has 7 heteroatoms. The Morgan fingerprint density at radius 2 is 1.25 bits per heavy atom. The maximum Gasteiger partial charge on any atom is 0.422 e. The van der Waals surface area contributed by atoms with Gasteiger partial charge in [-0.15, -0.1) is 0 Å². The van der Waals surface area contributed by atoms with Crippen molar-refractivity contribution in [2.24, 2.45) is 0 Å². The predicted octanol–water partition coefficient (Wildman–Crippen LogP) is 2.56. The van der Waals surface area contributed by atoms with Crippen LogP contribution in [-0.2, 0) is 19.5 Å². The fraction of sp³-hybridized carbons (Fsp3) is 0.778. The van der Waals surface area contributed by atoms with Crippen molar-refractivity contribution < 1.29 is 32.6 Å². The molecule has 0 amide bonds. The first kappa shape index (κ1) is 21.8. The molecule has 0 rings (SSSR count). The Morgan fingerprint density at radius 1 is 1.06 bits per heavy atom. The molecule has 0 heterocycles. The number of nitrogens with zero attached hydrogens (tertiary/aromatic N) is 2. The van der Waals surface area contributed by atoms with Crippen LogP contribution in [0.4, 0.5) is 13.2 Å². The van der Waals surface area contributed by atoms with Gasteiger partial charge in [-0.3, -0.25) is 0 Å². The van der Waals surface area contributed by atoms with E-state index in [1.807, 2.05) is 0 Å². The van der Waals surface area contributed by atoms with E-state index < -0.39 is 10.7 Å². The molecule has 0 saturated carbocycles. The van der Waals surface area contributed by atoms with E-state index in [1.165, 1.54) is 0 Å². The Bertz CT molecular complexity index is 176. The second-order valence-corrected chi connectivity index (χ2v) is 4.47. The van der Waals surface area contributed by atoms with Crippen molar-refractivity contribution in [2.75, 3.05) is 41.3 Å². The standard InChI is InChI=1S/C6H16N2.C3H2BrF3.Zn/c1-7(2)5-6-8(3)4;1-2(4)3(5,6)7;/h5-6H2,1-4H3;1H2;. The Balaban J connectivity index is -0.000000200. The molecule has 0 aromatic carbocycles. The van der Waals surface area contributed by atoms with Gasteiger partial charge in [-0.2, -0.15) is 13.2 Å². The number of allylic oxidation sites excluding steroid dienone is 1. The van der Waals surface area contributed by atoms with E-state index in [9.17, 15) is 13.2 Å². The fourth-order valence-electron chi connectivity index (χ4n) is 0.400. The first-order chi connectivity index (χ1) is 6.57. The van der Waals surface area contributed by atoms with Gasteiger partial charge in [0, 0.05) is 32.6 Å². The third-order valence-electron chi connectivity index (χ3n) is 1.30. The molecule has 94 valence electrons. The molecule has 0 atom stereocenters. The monoisotopic (exact) mass is 354 g/mol. The zero-order valence-corrected chi connectivity index (χ0v) is 14.8. The molecule has 0 spiro atoms. The van der Waals surface area contributed by atoms with Crippen molar-refractivity contribution >= 4 is 15.9 Å². The van der Waals surface area contributed by atoms with Crippen molar-refractivity contribution in [3.05, 3.63) is 11.1 Å². The average molecular weight is 357 g/mol. The molecule has 0 fully saturated rings. The number of hydrogen-bond donors (Lipinski definition) is 0. The summed E-state index contributed by atoms with van der Waals surface area (Å²) in [5, 5.41) is 0. The van der Waals surface area contributed by atoms with E-state index in [4.69, 9.17) is 0 Å². The van der Waals surface area contributed by atoms with Gasteiger partial charge in [0.05, 0.1) is 4.48 Å². The quantitative estimate of drug-likeness (QED) is 0.717. The third kappa shape index (κ3) is 20.0. The van der Waals surface area contributed by atoms with Gasteiger partial charge in [-0.05, 0) is 44.1 Å². The van der Waals surface area contributed by atoms with Crippen molar-refractivity contribution in [1.29, 1.82) is 0 Å². The van der Waals surface area contributed by atoms with Crippen LogP contribution in [0, 0.1) is 0 Å². The van der Waals surface area contributed by atoms with Gasteiger partial charge in [-0.1, -0.05) is 6.58 Å². The summed E-state index contributed by atoms with van der Waals surface area (Å²) in [6.45, 7) is 4.91. The molecule has 0 aliphatic rings. The molecule has 16 heavy (non-hydrogen) atoms. The molecule has 0 aromatic heterocycles. The smallest absolute Gasteiger partial charge is 0.308 e. The summed E-state index contributed by atoms with van der Waals surface area (Å²) in [5.41, 5.74) is 0. The number of rotatable bonds is 3. The van der Waals surface area contributed by atoms with Crippen molar-refractivity contribution in [3.63, 3.8) is 0 Å². The predicted molar refractivity (Wildman–Crippen MR) is 61.2 cm³/mol. The molecule has 0 unspecified atom stereocenters. The van der Waals surface area contributed by atoms with Gasteiger partial charge in [0.15, 0.2) is 0 Å². The van der Waals surface area contributed by atoms with Crippen LogP contribution in [0.2, 0.25) is 0 Å². The number of hydrogen-bond acceptors (Lipinski definition) is 2. The summed E-state index contributed by atoms with van der Waals surface area (Å²) < 4.78 is 32.2. The Kier molecular flexibility index (Phi) is 14.6. The summed E-state index contributed by atoms with van der Waals surface area (Å²) in [4.78, 5) is 4.36. The fourth-order valence-corrected chi connectivity index (χ4v) is 0.400. The summed E-state index contributed by atoms with van der Waals surface area (Å²) in [5.74, 6) is 0. The van der Waals surface area contributed by atoms with Crippen LogP contribution in [-0.4, -0.2) is 57.3 Å². The molecule has 0 bridgehead atoms. The molecule has 0 aliphatic heterocycles. The Labute approximate surface area is 117 Å². The minimum Gasteiger partial charge on any atom is -0.308 e. The third-order valence-corrected chi connectivity index (χ3v) is 1.75. The van der Waals surface area contributed by atoms with Gasteiger partial charge in [0.25, 0.3) is 0 Å². The molecular weight excluding hydrogens is 338 g/mol. The van der Waals surface area contributed by atoms with Crippen molar-refractivity contribution in [2.45, 2.75) is 6.18 Å². The molecule has 0 N–H and O–H groups in total. The number of halogens is 4. The van der Waals surface area contributed by atoms with Crippen LogP contribution in [0.1, 0.15) is 0 Å². The van der Waals surface area contributed by atoms with E-state index in [-0.39, 0.29) is 19.5 Å². The molecule has 0 saturated heterocycles. The van der Waals surface area contributed by atoms with Gasteiger partial charge in [-0.25, -0.2) is 0 Å². The van der Waals surface area contributed by atoms with Crippen LogP contribution in [0.25, 0.3) is 0 Å². The van der Waals surface area contributed by atoms with E-state index in [0.29, 0.717) is 0 Å². The number of alkyl halides is 3. The maximum absolute atomic E-state index is 11.0. The summed E-state index contributed by atoms with van der Waals surface area (Å²) >= 11 is 2.18. The summed E-state index contributed by atoms with van der Waals surface area (Å²) in [7, 11) is 8.35. The van der Waals surface area contributed by atoms with Crippen LogP contribution in [0.5, 0.6) is 0 Å². The average Bonchev–Trinajstić information content (AvgIpc) is 2.00. The van der Waals surface area contributed by atoms with Crippen LogP contribution < -0.4 is 0 Å². The van der Waals surface area contributed by atoms with Crippen LogP contribution >= 0.6 is 15.9 Å². The molecule has 0 aliphatic carbocycles. The first-order valence-electron chi connectivity index (χ1n) is 4.28. The summed E-state index contributed by atoms with van der Waals surface area (Å²) in [6, 6.07) is 0. The Hall–Kier alpha value is 0.553. The minimum atomic E-state index is -4.28. The van der Waals surface area contributed by atoms with Crippen LogP contribution in [0.3, 0.4) is 0 Å². The topological polar surface area (TPSA) is 6.48 Å². The zero-order valence-electron chi connectivity index (χ0n) is 10.2. The molecule has 0 radical (unpaired) electrons. The van der Waals surface area contributed by atoms with Crippen molar-refractivity contribution in [1.82, 2.24) is 9.80 Å². The van der Waals surface area contributed by atoms with Gasteiger partial charge in [0.2, 0.25) is 0 Å². The second-order valence-electron chi connectivity index (χ2n) is 3.51. The van der Waals surface area contributed by atoms with Gasteiger partial charge >= 0.3 is 6.18 Å². The van der Waals surface area contributed by atoms with E-state index in [1.54, 1.807) is 0 Å². The zero-order chi connectivity index (χ0) is 12.6. The van der Waals surface area contributed by atoms with E-state index in [2.05, 4.69) is 60.5 Å². The molecular formula is C9H18BrF3N2Zn. The second kappa shape index (κ2) is 10.7. The first-order valence-corrected chi connectivity index (χ1v) is 5.07. The maximum atomic E-state index is 11.0. The van der Waals surface area contributed by atoms with E-state index >= 15 is 0 Å². The van der Waals surface area contributed by atoms with Gasteiger partial charge in [0.1, 0.15) is 0 Å². The van der Waals surface area contributed by atoms with Gasteiger partial charge < -0.3 is 9.80 Å². The van der Waals surface area contributed by atoms with Crippen LogP contribution in [0.15, 0.2) is 11.1 Å². The SMILES string of the molecule is C=C(Br)C(F)(F)F.CN(C)CCN(C)C.[Zn]. The molecule has 0 aromatic rings. The summed E-state index contributed by atoms with van der Waals surface area (Å²) in [6.07, 6.45) is -4.28. The molecule has 2 nitrogen and oxygen atoms in total. The van der Waals surface area contributed by atoms with E-state index in [0.717, 1.165) is 13.1 Å². The Morgan fingerprint density at radius 3 is 1.31 bits per heavy atom. The van der Waals surface area contributed by atoms with Crippen molar-refractivity contribution in [3.8, 4) is 0 Å².